The van der Waals surface area contributed by atoms with Crippen molar-refractivity contribution in [1.82, 2.24) is 25.4 Å². The summed E-state index contributed by atoms with van der Waals surface area (Å²) in [6.45, 7) is 6.73. The molecule has 1 aliphatic heterocycles. The maximum atomic E-state index is 13.2. The number of nitrogens with zero attached hydrogens (tertiary/aromatic N) is 3. The van der Waals surface area contributed by atoms with Gasteiger partial charge < -0.3 is 10.6 Å². The van der Waals surface area contributed by atoms with E-state index in [0.29, 0.717) is 29.6 Å². The van der Waals surface area contributed by atoms with Gasteiger partial charge in [0.15, 0.2) is 5.65 Å². The standard InChI is InChI=1S/C22H25N5O2/c1-13(2)27-20-17(12-24-27)16(21(28)26-18-9-6-10-23-22(18)29)11-19(25-20)15-8-5-4-7-14(15)3/h4-5,7-8,11-13,18H,6,9-10H2,1-3H3,(H,23,29)(H,26,28). The summed E-state index contributed by atoms with van der Waals surface area (Å²) in [6.07, 6.45) is 3.17. The van der Waals surface area contributed by atoms with E-state index in [-0.39, 0.29) is 17.9 Å². The van der Waals surface area contributed by atoms with Gasteiger partial charge in [0.2, 0.25) is 5.91 Å². The lowest BCUT2D eigenvalue weighted by molar-refractivity contribution is -0.124. The van der Waals surface area contributed by atoms with Crippen LogP contribution in [0.3, 0.4) is 0 Å². The van der Waals surface area contributed by atoms with Crippen LogP contribution in [0.5, 0.6) is 0 Å². The molecule has 29 heavy (non-hydrogen) atoms. The molecule has 3 heterocycles. The third-order valence-electron chi connectivity index (χ3n) is 5.31. The number of pyridine rings is 1. The molecule has 1 saturated heterocycles. The average Bonchev–Trinajstić information content (AvgIpc) is 3.13. The molecule has 1 fully saturated rings. The molecular weight excluding hydrogens is 366 g/mol. The molecule has 0 bridgehead atoms. The molecule has 1 aromatic carbocycles. The van der Waals surface area contributed by atoms with Crippen LogP contribution in [-0.4, -0.2) is 39.2 Å². The van der Waals surface area contributed by atoms with Crippen molar-refractivity contribution in [2.24, 2.45) is 0 Å². The maximum absolute atomic E-state index is 13.2. The Bertz CT molecular complexity index is 1090. The predicted octanol–water partition coefficient (Wildman–Crippen LogP) is 3.00. The van der Waals surface area contributed by atoms with Crippen molar-refractivity contribution in [3.05, 3.63) is 47.7 Å². The Morgan fingerprint density at radius 3 is 2.83 bits per heavy atom. The molecule has 2 N–H and O–H groups in total. The lowest BCUT2D eigenvalue weighted by Crippen LogP contribution is -2.50. The third kappa shape index (κ3) is 3.60. The van der Waals surface area contributed by atoms with E-state index in [2.05, 4.69) is 15.7 Å². The van der Waals surface area contributed by atoms with Gasteiger partial charge in [-0.15, -0.1) is 0 Å². The number of rotatable bonds is 4. The summed E-state index contributed by atoms with van der Waals surface area (Å²) in [6, 6.07) is 9.34. The SMILES string of the molecule is Cc1ccccc1-c1cc(C(=O)NC2CCCNC2=O)c2cnn(C(C)C)c2n1. The largest absolute Gasteiger partial charge is 0.354 e. The average molecular weight is 391 g/mol. The van der Waals surface area contributed by atoms with E-state index in [0.717, 1.165) is 23.2 Å². The highest BCUT2D eigenvalue weighted by atomic mass is 16.2. The summed E-state index contributed by atoms with van der Waals surface area (Å²) < 4.78 is 1.82. The lowest BCUT2D eigenvalue weighted by Gasteiger charge is -2.23. The second-order valence-electron chi connectivity index (χ2n) is 7.75. The van der Waals surface area contributed by atoms with Crippen LogP contribution in [0.15, 0.2) is 36.5 Å². The Kier molecular flexibility index (Phi) is 5.05. The number of piperidine rings is 1. The van der Waals surface area contributed by atoms with Crippen LogP contribution >= 0.6 is 0 Å². The van der Waals surface area contributed by atoms with Gasteiger partial charge in [0, 0.05) is 18.2 Å². The number of benzene rings is 1. The first kappa shape index (κ1) is 19.1. The zero-order valence-corrected chi connectivity index (χ0v) is 16.9. The Hall–Kier alpha value is -3.22. The van der Waals surface area contributed by atoms with Gasteiger partial charge in [-0.3, -0.25) is 9.59 Å². The first-order valence-corrected chi connectivity index (χ1v) is 9.98. The molecule has 1 atom stereocenters. The fraction of sp³-hybridized carbons (Fsp3) is 0.364. The van der Waals surface area contributed by atoms with Crippen LogP contribution < -0.4 is 10.6 Å². The molecule has 0 aliphatic carbocycles. The van der Waals surface area contributed by atoms with Crippen molar-refractivity contribution in [1.29, 1.82) is 0 Å². The van der Waals surface area contributed by atoms with Gasteiger partial charge in [0.25, 0.3) is 5.91 Å². The van der Waals surface area contributed by atoms with Crippen LogP contribution in [0.1, 0.15) is 48.7 Å². The molecule has 1 unspecified atom stereocenters. The molecule has 0 saturated carbocycles. The molecule has 150 valence electrons. The fourth-order valence-corrected chi connectivity index (χ4v) is 3.73. The number of nitrogens with one attached hydrogen (secondary N) is 2. The smallest absolute Gasteiger partial charge is 0.252 e. The molecule has 0 radical (unpaired) electrons. The number of aromatic nitrogens is 3. The van der Waals surface area contributed by atoms with Gasteiger partial charge in [0.1, 0.15) is 6.04 Å². The van der Waals surface area contributed by atoms with Gasteiger partial charge in [0.05, 0.1) is 22.8 Å². The molecular formula is C22H25N5O2. The van der Waals surface area contributed by atoms with Crippen LogP contribution in [-0.2, 0) is 4.79 Å². The molecule has 1 aliphatic rings. The Morgan fingerprint density at radius 1 is 1.31 bits per heavy atom. The number of hydrogen-bond acceptors (Lipinski definition) is 4. The quantitative estimate of drug-likeness (QED) is 0.716. The molecule has 7 heteroatoms. The zero-order valence-electron chi connectivity index (χ0n) is 16.9. The molecule has 2 amide bonds. The van der Waals surface area contributed by atoms with E-state index in [1.54, 1.807) is 12.3 Å². The van der Waals surface area contributed by atoms with E-state index in [1.807, 2.05) is 49.7 Å². The summed E-state index contributed by atoms with van der Waals surface area (Å²) >= 11 is 0. The van der Waals surface area contributed by atoms with Crippen molar-refractivity contribution < 1.29 is 9.59 Å². The summed E-state index contributed by atoms with van der Waals surface area (Å²) in [5.74, 6) is -0.413. The predicted molar refractivity (Wildman–Crippen MR) is 112 cm³/mol. The van der Waals surface area contributed by atoms with Crippen LogP contribution in [0.2, 0.25) is 0 Å². The van der Waals surface area contributed by atoms with Gasteiger partial charge in [-0.1, -0.05) is 24.3 Å². The van der Waals surface area contributed by atoms with Crippen LogP contribution in [0.4, 0.5) is 0 Å². The highest BCUT2D eigenvalue weighted by Crippen LogP contribution is 2.28. The first-order chi connectivity index (χ1) is 14.0. The number of carbonyl (C=O) groups excluding carboxylic acids is 2. The highest BCUT2D eigenvalue weighted by Gasteiger charge is 2.26. The minimum Gasteiger partial charge on any atom is -0.354 e. The topological polar surface area (TPSA) is 88.9 Å². The minimum atomic E-state index is -0.512. The van der Waals surface area contributed by atoms with Crippen molar-refractivity contribution >= 4 is 22.8 Å². The molecule has 4 rings (SSSR count). The number of fused-ring (bicyclic) bond motifs is 1. The van der Waals surface area contributed by atoms with Gasteiger partial charge in [-0.2, -0.15) is 5.10 Å². The van der Waals surface area contributed by atoms with Crippen molar-refractivity contribution in [2.45, 2.75) is 45.7 Å². The monoisotopic (exact) mass is 391 g/mol. The molecule has 0 spiro atoms. The minimum absolute atomic E-state index is 0.104. The van der Waals surface area contributed by atoms with Crippen LogP contribution in [0, 0.1) is 6.92 Å². The van der Waals surface area contributed by atoms with E-state index < -0.39 is 6.04 Å². The highest BCUT2D eigenvalue weighted by molar-refractivity contribution is 6.07. The molecule has 2 aromatic heterocycles. The van der Waals surface area contributed by atoms with Crippen molar-refractivity contribution in [3.8, 4) is 11.3 Å². The second kappa shape index (κ2) is 7.66. The number of amides is 2. The van der Waals surface area contributed by atoms with Crippen molar-refractivity contribution in [2.75, 3.05) is 6.54 Å². The summed E-state index contributed by atoms with van der Waals surface area (Å²) in [7, 11) is 0. The fourth-order valence-electron chi connectivity index (χ4n) is 3.73. The maximum Gasteiger partial charge on any atom is 0.252 e. The lowest BCUT2D eigenvalue weighted by atomic mass is 10.0. The van der Waals surface area contributed by atoms with Gasteiger partial charge in [-0.05, 0) is 45.2 Å². The van der Waals surface area contributed by atoms with E-state index in [1.165, 1.54) is 0 Å². The summed E-state index contributed by atoms with van der Waals surface area (Å²) in [5, 5.41) is 10.8. The molecule has 3 aromatic rings. The third-order valence-corrected chi connectivity index (χ3v) is 5.31. The number of aryl methyl sites for hydroxylation is 1. The Morgan fingerprint density at radius 2 is 2.10 bits per heavy atom. The zero-order chi connectivity index (χ0) is 20.5. The summed E-state index contributed by atoms with van der Waals surface area (Å²) in [5.41, 5.74) is 3.91. The van der Waals surface area contributed by atoms with Gasteiger partial charge in [-0.25, -0.2) is 9.67 Å². The van der Waals surface area contributed by atoms with E-state index >= 15 is 0 Å². The van der Waals surface area contributed by atoms with E-state index in [4.69, 9.17) is 4.98 Å². The van der Waals surface area contributed by atoms with Gasteiger partial charge >= 0.3 is 0 Å². The summed E-state index contributed by atoms with van der Waals surface area (Å²) in [4.78, 5) is 30.1. The number of hydrogen-bond donors (Lipinski definition) is 2. The Labute approximate surface area is 169 Å². The molecule has 7 nitrogen and oxygen atoms in total. The van der Waals surface area contributed by atoms with E-state index in [9.17, 15) is 9.59 Å². The van der Waals surface area contributed by atoms with Crippen LogP contribution in [0.25, 0.3) is 22.3 Å². The number of carbonyl (C=O) groups is 2. The van der Waals surface area contributed by atoms with Crippen molar-refractivity contribution in [3.63, 3.8) is 0 Å². The normalized spacial score (nSPS) is 16.8. The first-order valence-electron chi connectivity index (χ1n) is 9.98. The second-order valence-corrected chi connectivity index (χ2v) is 7.75. The Balaban J connectivity index is 1.82.